The van der Waals surface area contributed by atoms with Crippen LogP contribution in [0, 0.1) is 18.7 Å². The summed E-state index contributed by atoms with van der Waals surface area (Å²) >= 11 is 4.91. The van der Waals surface area contributed by atoms with Crippen LogP contribution in [0.1, 0.15) is 41.8 Å². The molecular weight excluding hydrogens is 298 g/mol. The highest BCUT2D eigenvalue weighted by atomic mass is 32.1. The fourth-order valence-electron chi connectivity index (χ4n) is 2.81. The van der Waals surface area contributed by atoms with Crippen LogP contribution in [-0.4, -0.2) is 16.1 Å². The third kappa shape index (κ3) is 2.97. The minimum atomic E-state index is 0.105. The summed E-state index contributed by atoms with van der Waals surface area (Å²) in [7, 11) is 0. The number of hydrogen-bond donors (Lipinski definition) is 1. The first kappa shape index (κ1) is 15.0. The van der Waals surface area contributed by atoms with Crippen LogP contribution in [0.5, 0.6) is 0 Å². The zero-order valence-corrected chi connectivity index (χ0v) is 13.6. The van der Waals surface area contributed by atoms with Crippen LogP contribution < -0.4 is 4.90 Å². The van der Waals surface area contributed by atoms with Crippen molar-refractivity contribution in [2.75, 3.05) is 4.90 Å². The normalized spacial score (nSPS) is 15.4. The molecule has 0 fully saturated rings. The largest absolute Gasteiger partial charge is 0.412 e. The van der Waals surface area contributed by atoms with Crippen molar-refractivity contribution in [1.29, 1.82) is 0 Å². The Bertz CT molecular complexity index is 763. The van der Waals surface area contributed by atoms with Crippen molar-refractivity contribution in [2.24, 2.45) is 0 Å². The van der Waals surface area contributed by atoms with Gasteiger partial charge < -0.3 is 9.32 Å². The number of fused-ring (bicyclic) bond motifs is 1. The van der Waals surface area contributed by atoms with Gasteiger partial charge in [-0.25, -0.2) is 5.10 Å². The number of nitrogens with one attached hydrogen (secondary N) is 1. The number of aromatic nitrogens is 2. The molecule has 0 bridgehead atoms. The molecule has 1 aliphatic heterocycles. The van der Waals surface area contributed by atoms with E-state index in [9.17, 15) is 4.79 Å². The van der Waals surface area contributed by atoms with Crippen LogP contribution in [0.4, 0.5) is 5.69 Å². The summed E-state index contributed by atoms with van der Waals surface area (Å²) in [5, 5.41) is 6.63. The molecule has 1 amide bonds. The number of carbonyl (C=O) groups excluding carboxylic acids is 1. The Balaban J connectivity index is 2.04. The number of H-pyrrole nitrogens is 1. The van der Waals surface area contributed by atoms with Gasteiger partial charge in [-0.1, -0.05) is 6.07 Å². The molecule has 0 unspecified atom stereocenters. The number of amides is 1. The minimum absolute atomic E-state index is 0.105. The van der Waals surface area contributed by atoms with Gasteiger partial charge in [-0.2, -0.15) is 0 Å². The Morgan fingerprint density at radius 1 is 1.27 bits per heavy atom. The first-order chi connectivity index (χ1) is 10.5. The van der Waals surface area contributed by atoms with E-state index in [1.165, 1.54) is 16.7 Å². The lowest BCUT2D eigenvalue weighted by Crippen LogP contribution is -2.32. The van der Waals surface area contributed by atoms with E-state index < -0.39 is 0 Å². The monoisotopic (exact) mass is 317 g/mol. The molecule has 0 spiro atoms. The Morgan fingerprint density at radius 2 is 2.00 bits per heavy atom. The highest BCUT2D eigenvalue weighted by Gasteiger charge is 2.23. The van der Waals surface area contributed by atoms with Crippen LogP contribution in [0.15, 0.2) is 16.5 Å². The zero-order chi connectivity index (χ0) is 15.7. The second kappa shape index (κ2) is 6.04. The lowest BCUT2D eigenvalue weighted by atomic mass is 9.96. The number of carbonyl (C=O) groups is 1. The maximum absolute atomic E-state index is 12.6. The minimum Gasteiger partial charge on any atom is -0.412 e. The van der Waals surface area contributed by atoms with E-state index in [-0.39, 0.29) is 10.7 Å². The molecule has 2 aromatic rings. The van der Waals surface area contributed by atoms with Gasteiger partial charge in [0.2, 0.25) is 11.8 Å². The van der Waals surface area contributed by atoms with E-state index in [1.807, 2.05) is 0 Å². The topological polar surface area (TPSA) is 62.1 Å². The Kier molecular flexibility index (Phi) is 4.11. The molecule has 0 saturated heterocycles. The Hall–Kier alpha value is -1.95. The van der Waals surface area contributed by atoms with Gasteiger partial charge in [0, 0.05) is 12.1 Å². The number of rotatable bonds is 2. The highest BCUT2D eigenvalue weighted by molar-refractivity contribution is 7.71. The third-order valence-corrected chi connectivity index (χ3v) is 4.32. The summed E-state index contributed by atoms with van der Waals surface area (Å²) in [4.78, 5) is 14.6. The van der Waals surface area contributed by atoms with Gasteiger partial charge in [0.25, 0.3) is 4.84 Å². The van der Waals surface area contributed by atoms with Crippen LogP contribution in [0.25, 0.3) is 0 Å². The molecular formula is C16H19N3O2S. The number of benzene rings is 1. The molecule has 22 heavy (non-hydrogen) atoms. The van der Waals surface area contributed by atoms with Gasteiger partial charge in [-0.15, -0.1) is 5.10 Å². The van der Waals surface area contributed by atoms with Gasteiger partial charge in [-0.05, 0) is 68.1 Å². The van der Waals surface area contributed by atoms with Crippen LogP contribution in [0.2, 0.25) is 0 Å². The number of hydrogen-bond acceptors (Lipinski definition) is 4. The van der Waals surface area contributed by atoms with Gasteiger partial charge in [0.15, 0.2) is 0 Å². The highest BCUT2D eigenvalue weighted by Crippen LogP contribution is 2.30. The Labute approximate surface area is 134 Å². The van der Waals surface area contributed by atoms with Gasteiger partial charge in [0.05, 0.1) is 0 Å². The smallest absolute Gasteiger partial charge is 0.284 e. The van der Waals surface area contributed by atoms with Crippen LogP contribution >= 0.6 is 12.2 Å². The number of aromatic amines is 1. The van der Waals surface area contributed by atoms with E-state index in [0.29, 0.717) is 18.9 Å². The van der Waals surface area contributed by atoms with Crippen molar-refractivity contribution in [3.8, 4) is 0 Å². The molecule has 0 aliphatic carbocycles. The third-order valence-electron chi connectivity index (χ3n) is 4.15. The average Bonchev–Trinajstić information content (AvgIpc) is 2.88. The van der Waals surface area contributed by atoms with E-state index >= 15 is 0 Å². The predicted molar refractivity (Wildman–Crippen MR) is 86.3 cm³/mol. The summed E-state index contributed by atoms with van der Waals surface area (Å²) in [6.45, 7) is 4.48. The summed E-state index contributed by atoms with van der Waals surface area (Å²) < 4.78 is 5.33. The Morgan fingerprint density at radius 3 is 2.73 bits per heavy atom. The summed E-state index contributed by atoms with van der Waals surface area (Å²) in [6, 6.07) is 4.28. The molecule has 1 aromatic heterocycles. The van der Waals surface area contributed by atoms with Crippen molar-refractivity contribution in [3.63, 3.8) is 0 Å². The molecule has 6 heteroatoms. The van der Waals surface area contributed by atoms with Crippen molar-refractivity contribution in [3.05, 3.63) is 39.6 Å². The predicted octanol–water partition coefficient (Wildman–Crippen LogP) is 3.61. The van der Waals surface area contributed by atoms with Crippen molar-refractivity contribution in [2.45, 2.75) is 46.1 Å². The second-order valence-corrected chi connectivity index (χ2v) is 6.13. The second-order valence-electron chi connectivity index (χ2n) is 5.76. The number of anilines is 1. The van der Waals surface area contributed by atoms with Gasteiger partial charge >= 0.3 is 0 Å². The SMILES string of the molecule is Cc1cc2c(cc1C)N(Cc1n[nH]c(=S)o1)C(=O)CCCC2. The molecule has 116 valence electrons. The summed E-state index contributed by atoms with van der Waals surface area (Å²) in [5.41, 5.74) is 4.62. The van der Waals surface area contributed by atoms with E-state index in [0.717, 1.165) is 24.9 Å². The first-order valence-corrected chi connectivity index (χ1v) is 7.90. The lowest BCUT2D eigenvalue weighted by molar-refractivity contribution is -0.119. The van der Waals surface area contributed by atoms with Crippen molar-refractivity contribution >= 4 is 23.8 Å². The van der Waals surface area contributed by atoms with E-state index in [4.69, 9.17) is 16.6 Å². The van der Waals surface area contributed by atoms with E-state index in [1.54, 1.807) is 4.90 Å². The number of nitrogens with zero attached hydrogens (tertiary/aromatic N) is 2. The fourth-order valence-corrected chi connectivity index (χ4v) is 2.95. The zero-order valence-electron chi connectivity index (χ0n) is 12.8. The maximum Gasteiger partial charge on any atom is 0.284 e. The van der Waals surface area contributed by atoms with Gasteiger partial charge in [0.1, 0.15) is 6.54 Å². The average molecular weight is 317 g/mol. The molecule has 1 N–H and O–H groups in total. The quantitative estimate of drug-likeness (QED) is 0.860. The summed E-state index contributed by atoms with van der Waals surface area (Å²) in [6.07, 6.45) is 3.49. The number of aryl methyl sites for hydroxylation is 3. The van der Waals surface area contributed by atoms with Crippen LogP contribution in [0.3, 0.4) is 0 Å². The molecule has 3 rings (SSSR count). The van der Waals surface area contributed by atoms with E-state index in [2.05, 4.69) is 36.2 Å². The standard InChI is InChI=1S/C16H19N3O2S/c1-10-7-12-5-3-4-6-15(20)19(13(12)8-11(10)2)9-14-17-18-16(22)21-14/h7-8H,3-6,9H2,1-2H3,(H,18,22). The molecule has 0 saturated carbocycles. The first-order valence-electron chi connectivity index (χ1n) is 7.49. The van der Waals surface area contributed by atoms with Crippen LogP contribution in [-0.2, 0) is 17.8 Å². The lowest BCUT2D eigenvalue weighted by Gasteiger charge is -2.27. The van der Waals surface area contributed by atoms with Crippen molar-refractivity contribution < 1.29 is 9.21 Å². The van der Waals surface area contributed by atoms with Gasteiger partial charge in [-0.3, -0.25) is 4.79 Å². The molecule has 1 aliphatic rings. The molecule has 5 nitrogen and oxygen atoms in total. The molecule has 0 atom stereocenters. The molecule has 1 aromatic carbocycles. The molecule has 2 heterocycles. The summed E-state index contributed by atoms with van der Waals surface area (Å²) in [5.74, 6) is 0.538. The fraction of sp³-hybridized carbons (Fsp3) is 0.438. The van der Waals surface area contributed by atoms with Crippen molar-refractivity contribution in [1.82, 2.24) is 10.2 Å². The maximum atomic E-state index is 12.6. The molecule has 0 radical (unpaired) electrons.